The third kappa shape index (κ3) is 3.41. The summed E-state index contributed by atoms with van der Waals surface area (Å²) in [7, 11) is 0. The number of nitriles is 1. The molecule has 0 bridgehead atoms. The van der Waals surface area contributed by atoms with Crippen LogP contribution in [0.15, 0.2) is 36.8 Å². The molecule has 4 rings (SSSR count). The average molecular weight is 332 g/mol. The fourth-order valence-corrected chi connectivity index (χ4v) is 3.09. The lowest BCUT2D eigenvalue weighted by Gasteiger charge is -2.06. The smallest absolute Gasteiger partial charge is 0.140 e. The molecule has 0 aromatic carbocycles. The van der Waals surface area contributed by atoms with E-state index in [-0.39, 0.29) is 0 Å². The van der Waals surface area contributed by atoms with Crippen molar-refractivity contribution in [2.75, 3.05) is 11.1 Å². The second-order valence-electron chi connectivity index (χ2n) is 6.52. The van der Waals surface area contributed by atoms with E-state index in [4.69, 9.17) is 16.0 Å². The van der Waals surface area contributed by atoms with Crippen LogP contribution in [0.4, 0.5) is 11.5 Å². The third-order valence-corrected chi connectivity index (χ3v) is 4.51. The van der Waals surface area contributed by atoms with Gasteiger partial charge in [-0.05, 0) is 42.4 Å². The fraction of sp³-hybridized carbons (Fsp3) is 0.316. The Morgan fingerprint density at radius 2 is 2.20 bits per heavy atom. The van der Waals surface area contributed by atoms with Crippen molar-refractivity contribution in [2.24, 2.45) is 0 Å². The minimum absolute atomic E-state index is 0.493. The van der Waals surface area contributed by atoms with Crippen LogP contribution in [0.1, 0.15) is 42.0 Å². The summed E-state index contributed by atoms with van der Waals surface area (Å²) in [5.41, 5.74) is 11.1. The van der Waals surface area contributed by atoms with Crippen molar-refractivity contribution in [1.82, 2.24) is 14.4 Å². The summed E-state index contributed by atoms with van der Waals surface area (Å²) in [4.78, 5) is 8.76. The minimum atomic E-state index is 0.493. The molecule has 0 amide bonds. The zero-order chi connectivity index (χ0) is 17.2. The molecule has 0 spiro atoms. The molecule has 25 heavy (non-hydrogen) atoms. The van der Waals surface area contributed by atoms with Gasteiger partial charge in [-0.15, -0.1) is 0 Å². The molecular weight excluding hydrogens is 312 g/mol. The van der Waals surface area contributed by atoms with E-state index in [0.717, 1.165) is 29.0 Å². The lowest BCUT2D eigenvalue weighted by molar-refractivity contribution is 0.971. The molecule has 3 aromatic rings. The van der Waals surface area contributed by atoms with Crippen LogP contribution in [0.5, 0.6) is 0 Å². The zero-order valence-corrected chi connectivity index (χ0v) is 13.9. The number of fused-ring (bicyclic) bond motifs is 1. The summed E-state index contributed by atoms with van der Waals surface area (Å²) in [6.07, 6.45) is 9.71. The van der Waals surface area contributed by atoms with Crippen molar-refractivity contribution in [2.45, 2.75) is 38.1 Å². The Kier molecular flexibility index (Phi) is 3.98. The van der Waals surface area contributed by atoms with Gasteiger partial charge in [0.25, 0.3) is 0 Å². The molecule has 0 saturated heterocycles. The van der Waals surface area contributed by atoms with Crippen LogP contribution < -0.4 is 11.1 Å². The van der Waals surface area contributed by atoms with Gasteiger partial charge in [-0.3, -0.25) is 0 Å². The monoisotopic (exact) mass is 332 g/mol. The summed E-state index contributed by atoms with van der Waals surface area (Å²) in [6, 6.07) is 8.16. The number of imidazole rings is 1. The molecule has 1 saturated carbocycles. The highest BCUT2D eigenvalue weighted by molar-refractivity contribution is 5.53. The Bertz CT molecular complexity index is 948. The van der Waals surface area contributed by atoms with Crippen molar-refractivity contribution in [1.29, 1.82) is 5.26 Å². The minimum Gasteiger partial charge on any atom is -0.384 e. The maximum atomic E-state index is 8.93. The number of nitrogens with zero attached hydrogens (tertiary/aromatic N) is 4. The highest BCUT2D eigenvalue weighted by Gasteiger charge is 2.25. The highest BCUT2D eigenvalue weighted by atomic mass is 15.0. The van der Waals surface area contributed by atoms with E-state index >= 15 is 0 Å². The van der Waals surface area contributed by atoms with Crippen LogP contribution in [-0.4, -0.2) is 14.4 Å². The van der Waals surface area contributed by atoms with Gasteiger partial charge in [-0.25, -0.2) is 9.97 Å². The lowest BCUT2D eigenvalue weighted by Crippen LogP contribution is -2.01. The van der Waals surface area contributed by atoms with Crippen LogP contribution in [0.3, 0.4) is 0 Å². The van der Waals surface area contributed by atoms with Crippen LogP contribution in [-0.2, 0) is 13.0 Å². The van der Waals surface area contributed by atoms with E-state index in [9.17, 15) is 0 Å². The van der Waals surface area contributed by atoms with Gasteiger partial charge in [0.15, 0.2) is 0 Å². The van der Waals surface area contributed by atoms with Crippen LogP contribution in [0.25, 0.3) is 5.65 Å². The van der Waals surface area contributed by atoms with Crippen LogP contribution in [0, 0.1) is 11.3 Å². The molecule has 1 fully saturated rings. The Labute approximate surface area is 146 Å². The van der Waals surface area contributed by atoms with Crippen molar-refractivity contribution in [3.8, 4) is 6.07 Å². The zero-order valence-electron chi connectivity index (χ0n) is 13.9. The van der Waals surface area contributed by atoms with Gasteiger partial charge in [0, 0.05) is 36.8 Å². The molecule has 3 aromatic heterocycles. The van der Waals surface area contributed by atoms with E-state index in [1.165, 1.54) is 18.4 Å². The molecule has 126 valence electrons. The number of rotatable bonds is 6. The van der Waals surface area contributed by atoms with Gasteiger partial charge < -0.3 is 15.5 Å². The summed E-state index contributed by atoms with van der Waals surface area (Å²) in [6.45, 7) is 0.613. The molecule has 3 heterocycles. The number of anilines is 2. The predicted molar refractivity (Wildman–Crippen MR) is 97.1 cm³/mol. The standard InChI is InChI=1S/C19H20N6/c20-6-1-2-14-8-15(13-3-4-13)11-25-12-17(24-19(14)25)10-23-16-5-7-22-18(21)9-16/h5,7-9,11-13H,1-4,10H2,(H3,21,22,23). The molecule has 0 unspecified atom stereocenters. The lowest BCUT2D eigenvalue weighted by atomic mass is 10.1. The van der Waals surface area contributed by atoms with E-state index in [1.807, 2.05) is 6.07 Å². The summed E-state index contributed by atoms with van der Waals surface area (Å²) in [5.74, 6) is 1.17. The van der Waals surface area contributed by atoms with Gasteiger partial charge in [0.05, 0.1) is 18.3 Å². The van der Waals surface area contributed by atoms with Gasteiger partial charge in [-0.1, -0.05) is 6.07 Å². The molecule has 0 atom stereocenters. The topological polar surface area (TPSA) is 92.0 Å². The van der Waals surface area contributed by atoms with E-state index in [0.29, 0.717) is 24.7 Å². The first-order chi connectivity index (χ1) is 12.2. The van der Waals surface area contributed by atoms with Gasteiger partial charge in [0.1, 0.15) is 11.5 Å². The number of nitrogens with one attached hydrogen (secondary N) is 1. The normalized spacial score (nSPS) is 13.7. The van der Waals surface area contributed by atoms with Crippen molar-refractivity contribution in [3.63, 3.8) is 0 Å². The number of hydrogen-bond acceptors (Lipinski definition) is 5. The molecule has 6 nitrogen and oxygen atoms in total. The van der Waals surface area contributed by atoms with Gasteiger partial charge in [0.2, 0.25) is 0 Å². The Morgan fingerprint density at radius 1 is 1.32 bits per heavy atom. The molecule has 3 N–H and O–H groups in total. The molecule has 1 aliphatic rings. The molecule has 6 heteroatoms. The molecule has 1 aliphatic carbocycles. The number of aryl methyl sites for hydroxylation is 1. The molecule has 0 aliphatic heterocycles. The highest BCUT2D eigenvalue weighted by Crippen LogP contribution is 2.40. The first-order valence-corrected chi connectivity index (χ1v) is 8.55. The maximum absolute atomic E-state index is 8.93. The largest absolute Gasteiger partial charge is 0.384 e. The SMILES string of the molecule is N#CCCc1cc(C2CC2)cn2cc(CNc3ccnc(N)c3)nc12. The fourth-order valence-electron chi connectivity index (χ4n) is 3.09. The van der Waals surface area contributed by atoms with Crippen LogP contribution in [0.2, 0.25) is 0 Å². The number of pyridine rings is 2. The van der Waals surface area contributed by atoms with Crippen molar-refractivity contribution >= 4 is 17.2 Å². The second-order valence-corrected chi connectivity index (χ2v) is 6.52. The van der Waals surface area contributed by atoms with E-state index in [2.05, 4.69) is 39.2 Å². The Balaban J connectivity index is 1.60. The number of nitrogens with two attached hydrogens (primary N) is 1. The third-order valence-electron chi connectivity index (χ3n) is 4.51. The first kappa shape index (κ1) is 15.5. The Morgan fingerprint density at radius 3 is 2.96 bits per heavy atom. The first-order valence-electron chi connectivity index (χ1n) is 8.55. The summed E-state index contributed by atoms with van der Waals surface area (Å²) in [5, 5.41) is 12.3. The van der Waals surface area contributed by atoms with Gasteiger partial charge in [-0.2, -0.15) is 5.26 Å². The number of nitrogen functional groups attached to an aromatic ring is 1. The quantitative estimate of drug-likeness (QED) is 0.723. The second kappa shape index (κ2) is 6.44. The maximum Gasteiger partial charge on any atom is 0.140 e. The molecular formula is C19H20N6. The number of aromatic nitrogens is 3. The van der Waals surface area contributed by atoms with Crippen molar-refractivity contribution < 1.29 is 0 Å². The Hall–Kier alpha value is -3.07. The summed E-state index contributed by atoms with van der Waals surface area (Å²) >= 11 is 0. The molecule has 0 radical (unpaired) electrons. The van der Waals surface area contributed by atoms with Gasteiger partial charge >= 0.3 is 0 Å². The summed E-state index contributed by atoms with van der Waals surface area (Å²) < 4.78 is 2.11. The van der Waals surface area contributed by atoms with Crippen LogP contribution >= 0.6 is 0 Å². The number of hydrogen-bond donors (Lipinski definition) is 2. The average Bonchev–Trinajstić information content (AvgIpc) is 3.37. The van der Waals surface area contributed by atoms with Crippen molar-refractivity contribution in [3.05, 3.63) is 53.6 Å². The van der Waals surface area contributed by atoms with E-state index in [1.54, 1.807) is 12.3 Å². The van der Waals surface area contributed by atoms with E-state index < -0.39 is 0 Å². The predicted octanol–water partition coefficient (Wildman–Crippen LogP) is 3.26.